The lowest BCUT2D eigenvalue weighted by Gasteiger charge is -2.22. The molecule has 3 rings (SSSR count). The van der Waals surface area contributed by atoms with Crippen molar-refractivity contribution in [1.82, 2.24) is 5.32 Å². The Morgan fingerprint density at radius 3 is 2.33 bits per heavy atom. The lowest BCUT2D eigenvalue weighted by atomic mass is 10.1. The van der Waals surface area contributed by atoms with E-state index in [-0.39, 0.29) is 4.90 Å². The summed E-state index contributed by atoms with van der Waals surface area (Å²) in [6, 6.07) is 11.6. The minimum Gasteiger partial charge on any atom is -0.444 e. The van der Waals surface area contributed by atoms with Crippen molar-refractivity contribution >= 4 is 22.2 Å². The normalized spacial score (nSPS) is 23.5. The second kappa shape index (κ2) is 7.50. The summed E-state index contributed by atoms with van der Waals surface area (Å²) in [5.74, 6) is -1.52. The number of benzene rings is 2. The van der Waals surface area contributed by atoms with Gasteiger partial charge >= 0.3 is 6.09 Å². The lowest BCUT2D eigenvalue weighted by molar-refractivity contribution is -0.110. The number of carbonyl (C=O) groups excluding carboxylic acids is 2. The molecule has 0 aliphatic heterocycles. The number of hydrogen-bond donors (Lipinski definition) is 1. The van der Waals surface area contributed by atoms with Gasteiger partial charge in [0, 0.05) is 5.92 Å². The zero-order valence-electron chi connectivity index (χ0n) is 17.2. The Labute approximate surface area is 175 Å². The van der Waals surface area contributed by atoms with Crippen LogP contribution in [0.15, 0.2) is 53.4 Å². The van der Waals surface area contributed by atoms with Crippen LogP contribution < -0.4 is 5.32 Å². The van der Waals surface area contributed by atoms with Crippen molar-refractivity contribution in [3.8, 4) is 0 Å². The molecule has 0 saturated heterocycles. The van der Waals surface area contributed by atoms with Crippen molar-refractivity contribution in [3.63, 3.8) is 0 Å². The van der Waals surface area contributed by atoms with E-state index in [0.717, 1.165) is 5.56 Å². The molecule has 0 radical (unpaired) electrons. The number of nitrogens with one attached hydrogen (secondary N) is 1. The van der Waals surface area contributed by atoms with Gasteiger partial charge in [0.25, 0.3) is 0 Å². The summed E-state index contributed by atoms with van der Waals surface area (Å²) >= 11 is 0. The van der Waals surface area contributed by atoms with Crippen LogP contribution in [0, 0.1) is 12.7 Å². The number of aryl methyl sites for hydroxylation is 1. The van der Waals surface area contributed by atoms with E-state index in [4.69, 9.17) is 4.74 Å². The van der Waals surface area contributed by atoms with Gasteiger partial charge in [-0.2, -0.15) is 0 Å². The van der Waals surface area contributed by atoms with E-state index in [1.165, 1.54) is 36.4 Å². The zero-order chi connectivity index (χ0) is 22.3. The molecule has 2 aromatic rings. The topological polar surface area (TPSA) is 89.5 Å². The molecule has 1 saturated carbocycles. The van der Waals surface area contributed by atoms with Crippen molar-refractivity contribution in [1.29, 1.82) is 0 Å². The van der Waals surface area contributed by atoms with Crippen LogP contribution in [0.4, 0.5) is 9.18 Å². The van der Waals surface area contributed by atoms with E-state index < -0.39 is 44.1 Å². The summed E-state index contributed by atoms with van der Waals surface area (Å²) in [6.07, 6.45) is -0.513. The number of carbonyl (C=O) groups is 2. The van der Waals surface area contributed by atoms with Gasteiger partial charge in [-0.3, -0.25) is 0 Å². The van der Waals surface area contributed by atoms with Crippen molar-refractivity contribution in [2.24, 2.45) is 0 Å². The van der Waals surface area contributed by atoms with Gasteiger partial charge in [-0.1, -0.05) is 29.8 Å². The fraction of sp³-hybridized carbons (Fsp3) is 0.364. The van der Waals surface area contributed by atoms with Crippen LogP contribution in [0.25, 0.3) is 0 Å². The highest BCUT2D eigenvalue weighted by Crippen LogP contribution is 2.56. The second-order valence-electron chi connectivity index (χ2n) is 8.49. The number of sulfone groups is 1. The molecule has 1 aliphatic carbocycles. The molecule has 0 spiro atoms. The predicted molar refractivity (Wildman–Crippen MR) is 109 cm³/mol. The molecule has 1 aliphatic rings. The summed E-state index contributed by atoms with van der Waals surface area (Å²) < 4.78 is 45.8. The molecule has 1 fully saturated rings. The summed E-state index contributed by atoms with van der Waals surface area (Å²) in [7, 11) is -4.03. The maximum Gasteiger partial charge on any atom is 0.408 e. The van der Waals surface area contributed by atoms with Crippen LogP contribution in [0.3, 0.4) is 0 Å². The highest BCUT2D eigenvalue weighted by Gasteiger charge is 2.73. The van der Waals surface area contributed by atoms with E-state index in [9.17, 15) is 22.4 Å². The number of aldehydes is 1. The average Bonchev–Trinajstić information content (AvgIpc) is 3.30. The van der Waals surface area contributed by atoms with Crippen molar-refractivity contribution in [2.75, 3.05) is 0 Å². The van der Waals surface area contributed by atoms with Gasteiger partial charge in [0.15, 0.2) is 9.84 Å². The number of rotatable bonds is 5. The molecule has 0 aromatic heterocycles. The summed E-state index contributed by atoms with van der Waals surface area (Å²) in [5, 5.41) is 1.16. The van der Waals surface area contributed by atoms with E-state index in [1.54, 1.807) is 32.9 Å². The fourth-order valence-electron chi connectivity index (χ4n) is 3.63. The predicted octanol–water partition coefficient (Wildman–Crippen LogP) is 3.54. The Balaban J connectivity index is 2.06. The molecule has 30 heavy (non-hydrogen) atoms. The first-order chi connectivity index (χ1) is 13.9. The zero-order valence-corrected chi connectivity index (χ0v) is 18.0. The largest absolute Gasteiger partial charge is 0.444 e. The van der Waals surface area contributed by atoms with Crippen LogP contribution in [0.2, 0.25) is 0 Å². The smallest absolute Gasteiger partial charge is 0.408 e. The van der Waals surface area contributed by atoms with Crippen LogP contribution in [-0.4, -0.2) is 37.2 Å². The van der Waals surface area contributed by atoms with Crippen LogP contribution in [0.5, 0.6) is 0 Å². The second-order valence-corrected chi connectivity index (χ2v) is 10.6. The number of hydrogen-bond acceptors (Lipinski definition) is 5. The minimum absolute atomic E-state index is 0.0224. The molecule has 3 atom stereocenters. The Morgan fingerprint density at radius 1 is 1.17 bits per heavy atom. The third kappa shape index (κ3) is 4.09. The van der Waals surface area contributed by atoms with E-state index in [1.807, 2.05) is 6.92 Å². The van der Waals surface area contributed by atoms with Crippen LogP contribution in [-0.2, 0) is 19.4 Å². The molecule has 0 bridgehead atoms. The average molecular weight is 434 g/mol. The first kappa shape index (κ1) is 22.0. The number of amides is 1. The van der Waals surface area contributed by atoms with Gasteiger partial charge in [-0.25, -0.2) is 17.6 Å². The Kier molecular flexibility index (Phi) is 5.49. The first-order valence-electron chi connectivity index (χ1n) is 9.44. The molecule has 0 heterocycles. The SMILES string of the molecule is Cc1ccc(S(=O)(=O)[C@@H]2[C@H](c3cccc(F)c3)[C@@]2(C=O)NC(=O)OC(C)(C)C)cc1. The van der Waals surface area contributed by atoms with E-state index in [0.29, 0.717) is 11.8 Å². The Morgan fingerprint density at radius 2 is 1.80 bits per heavy atom. The number of alkyl carbamates (subject to hydrolysis) is 1. The van der Waals surface area contributed by atoms with Crippen molar-refractivity contribution in [2.45, 2.75) is 54.9 Å². The van der Waals surface area contributed by atoms with Gasteiger partial charge in [0.05, 0.1) is 4.90 Å². The van der Waals surface area contributed by atoms with Gasteiger partial charge in [-0.05, 0) is 57.5 Å². The van der Waals surface area contributed by atoms with Crippen molar-refractivity contribution < 1.29 is 27.1 Å². The molecule has 6 nitrogen and oxygen atoms in total. The van der Waals surface area contributed by atoms with Crippen LogP contribution >= 0.6 is 0 Å². The minimum atomic E-state index is -4.03. The number of ether oxygens (including phenoxy) is 1. The molecular formula is C22H24FNO5S. The third-order valence-electron chi connectivity index (χ3n) is 4.98. The highest BCUT2D eigenvalue weighted by molar-refractivity contribution is 7.92. The monoisotopic (exact) mass is 433 g/mol. The third-order valence-corrected chi connectivity index (χ3v) is 7.24. The summed E-state index contributed by atoms with van der Waals surface area (Å²) in [5.41, 5.74) is -1.43. The maximum absolute atomic E-state index is 13.8. The number of halogens is 1. The molecule has 1 amide bonds. The maximum atomic E-state index is 13.8. The Bertz CT molecular complexity index is 1080. The molecular weight excluding hydrogens is 409 g/mol. The van der Waals surface area contributed by atoms with Crippen molar-refractivity contribution in [3.05, 3.63) is 65.5 Å². The molecule has 8 heteroatoms. The van der Waals surface area contributed by atoms with Gasteiger partial charge in [-0.15, -0.1) is 0 Å². The lowest BCUT2D eigenvalue weighted by Crippen LogP contribution is -2.45. The van der Waals surface area contributed by atoms with E-state index >= 15 is 0 Å². The standard InChI is InChI=1S/C22H24FNO5S/c1-14-8-10-17(11-9-14)30(27,28)19-18(15-6-5-7-16(23)12-15)22(19,13-25)24-20(26)29-21(2,3)4/h5-13,18-19H,1-4H3,(H,24,26)/t18-,19+,22+/m0/s1. The Hall–Kier alpha value is -2.74. The molecule has 0 unspecified atom stereocenters. The van der Waals surface area contributed by atoms with Gasteiger partial charge < -0.3 is 14.8 Å². The molecule has 2 aromatic carbocycles. The van der Waals surface area contributed by atoms with Gasteiger partial charge in [0.1, 0.15) is 28.5 Å². The summed E-state index contributed by atoms with van der Waals surface area (Å²) in [4.78, 5) is 24.6. The summed E-state index contributed by atoms with van der Waals surface area (Å²) in [6.45, 7) is 6.77. The molecule has 160 valence electrons. The van der Waals surface area contributed by atoms with E-state index in [2.05, 4.69) is 5.32 Å². The molecule has 1 N–H and O–H groups in total. The highest BCUT2D eigenvalue weighted by atomic mass is 32.2. The fourth-order valence-corrected chi connectivity index (χ4v) is 5.88. The quantitative estimate of drug-likeness (QED) is 0.729. The van der Waals surface area contributed by atoms with Gasteiger partial charge in [0.2, 0.25) is 0 Å². The first-order valence-corrected chi connectivity index (χ1v) is 11.0. The van der Waals surface area contributed by atoms with Crippen LogP contribution in [0.1, 0.15) is 37.8 Å².